The van der Waals surface area contributed by atoms with E-state index in [1.807, 2.05) is 0 Å². The van der Waals surface area contributed by atoms with Crippen LogP contribution < -0.4 is 20.9 Å². The minimum Gasteiger partial charge on any atom is -0.479 e. The highest BCUT2D eigenvalue weighted by Gasteiger charge is 2.16. The Bertz CT molecular complexity index is 569. The molecule has 0 saturated carbocycles. The van der Waals surface area contributed by atoms with Gasteiger partial charge in [-0.25, -0.2) is 0 Å². The van der Waals surface area contributed by atoms with Gasteiger partial charge < -0.3 is 10.1 Å². The fraction of sp³-hybridized carbons (Fsp3) is 0.250. The molecule has 0 fully saturated rings. The molecule has 0 aliphatic heterocycles. The van der Waals surface area contributed by atoms with Crippen LogP contribution in [-0.4, -0.2) is 23.0 Å². The molecular formula is C12H13Cl2N3O3S. The van der Waals surface area contributed by atoms with E-state index in [1.54, 1.807) is 12.1 Å². The Hall–Kier alpha value is -1.57. The highest BCUT2D eigenvalue weighted by Crippen LogP contribution is 2.28. The summed E-state index contributed by atoms with van der Waals surface area (Å²) in [5, 5.41) is 3.03. The normalized spacial score (nSPS) is 11.2. The van der Waals surface area contributed by atoms with Crippen molar-refractivity contribution in [2.24, 2.45) is 0 Å². The number of carbonyl (C=O) groups is 2. The van der Waals surface area contributed by atoms with Crippen molar-refractivity contribution in [2.75, 3.05) is 0 Å². The van der Waals surface area contributed by atoms with Crippen molar-refractivity contribution >= 4 is 52.3 Å². The third kappa shape index (κ3) is 6.16. The molecule has 0 saturated heterocycles. The van der Waals surface area contributed by atoms with Crippen LogP contribution in [0.3, 0.4) is 0 Å². The van der Waals surface area contributed by atoms with Crippen LogP contribution in [0.25, 0.3) is 0 Å². The topological polar surface area (TPSA) is 79.5 Å². The van der Waals surface area contributed by atoms with Gasteiger partial charge in [0.05, 0.1) is 5.02 Å². The molecule has 2 amide bonds. The maximum Gasteiger partial charge on any atom is 0.279 e. The quantitative estimate of drug-likeness (QED) is 0.572. The molecule has 21 heavy (non-hydrogen) atoms. The average molecular weight is 350 g/mol. The minimum atomic E-state index is -0.837. The Balaban J connectivity index is 2.51. The molecule has 1 aromatic carbocycles. The summed E-state index contributed by atoms with van der Waals surface area (Å²) >= 11 is 16.5. The number of hydrogen-bond acceptors (Lipinski definition) is 4. The molecule has 1 rings (SSSR count). The first-order chi connectivity index (χ1) is 9.79. The number of ether oxygens (including phenoxy) is 1. The zero-order valence-corrected chi connectivity index (χ0v) is 13.5. The van der Waals surface area contributed by atoms with E-state index in [1.165, 1.54) is 19.9 Å². The number of halogens is 2. The summed E-state index contributed by atoms with van der Waals surface area (Å²) in [6.45, 7) is 2.83. The fourth-order valence-electron chi connectivity index (χ4n) is 1.23. The molecule has 9 heteroatoms. The second kappa shape index (κ2) is 8.02. The Morgan fingerprint density at radius 2 is 1.95 bits per heavy atom. The second-order valence-corrected chi connectivity index (χ2v) is 5.21. The summed E-state index contributed by atoms with van der Waals surface area (Å²) in [6.07, 6.45) is -0.837. The predicted octanol–water partition coefficient (Wildman–Crippen LogP) is 1.80. The van der Waals surface area contributed by atoms with Gasteiger partial charge in [-0.1, -0.05) is 23.2 Å². The van der Waals surface area contributed by atoms with E-state index in [4.69, 9.17) is 40.2 Å². The molecule has 6 nitrogen and oxygen atoms in total. The molecule has 1 unspecified atom stereocenters. The average Bonchev–Trinajstić information content (AvgIpc) is 2.38. The number of carbonyl (C=O) groups excluding carboxylic acids is 2. The maximum absolute atomic E-state index is 11.8. The molecule has 0 aliphatic carbocycles. The lowest BCUT2D eigenvalue weighted by molar-refractivity contribution is -0.128. The van der Waals surface area contributed by atoms with Gasteiger partial charge in [-0.15, -0.1) is 0 Å². The molecular weight excluding hydrogens is 337 g/mol. The van der Waals surface area contributed by atoms with Crippen LogP contribution in [0.1, 0.15) is 13.8 Å². The first-order valence-corrected chi connectivity index (χ1v) is 6.95. The molecule has 3 N–H and O–H groups in total. The van der Waals surface area contributed by atoms with E-state index in [-0.39, 0.29) is 11.0 Å². The van der Waals surface area contributed by atoms with Crippen LogP contribution >= 0.6 is 35.4 Å². The lowest BCUT2D eigenvalue weighted by atomic mass is 10.3. The highest BCUT2D eigenvalue weighted by atomic mass is 35.5. The first kappa shape index (κ1) is 17.5. The lowest BCUT2D eigenvalue weighted by Crippen LogP contribution is -2.51. The number of thiocarbonyl (C=S) groups is 1. The van der Waals surface area contributed by atoms with E-state index in [0.29, 0.717) is 15.8 Å². The summed E-state index contributed by atoms with van der Waals surface area (Å²) in [6, 6.07) is 4.66. The monoisotopic (exact) mass is 349 g/mol. The number of nitrogens with one attached hydrogen (secondary N) is 3. The van der Waals surface area contributed by atoms with Gasteiger partial charge in [0, 0.05) is 11.9 Å². The van der Waals surface area contributed by atoms with Gasteiger partial charge in [0.2, 0.25) is 5.91 Å². The Morgan fingerprint density at radius 3 is 2.52 bits per heavy atom. The van der Waals surface area contributed by atoms with Gasteiger partial charge in [0.1, 0.15) is 5.75 Å². The van der Waals surface area contributed by atoms with Crippen molar-refractivity contribution in [3.05, 3.63) is 28.2 Å². The van der Waals surface area contributed by atoms with Gasteiger partial charge in [-0.3, -0.25) is 20.4 Å². The Kier molecular flexibility index (Phi) is 6.67. The summed E-state index contributed by atoms with van der Waals surface area (Å²) in [7, 11) is 0. The number of hydrazine groups is 1. The summed E-state index contributed by atoms with van der Waals surface area (Å²) < 4.78 is 5.40. The number of benzene rings is 1. The van der Waals surface area contributed by atoms with Crippen LogP contribution in [0.4, 0.5) is 0 Å². The molecule has 0 aliphatic rings. The maximum atomic E-state index is 11.8. The lowest BCUT2D eigenvalue weighted by Gasteiger charge is -2.16. The van der Waals surface area contributed by atoms with Gasteiger partial charge >= 0.3 is 0 Å². The predicted molar refractivity (Wildman–Crippen MR) is 84.2 cm³/mol. The van der Waals surface area contributed by atoms with Gasteiger partial charge in [-0.05, 0) is 37.3 Å². The summed E-state index contributed by atoms with van der Waals surface area (Å²) in [5.74, 6) is -0.513. The standard InChI is InChI=1S/C12H13Cl2N3O3S/c1-6(11(19)16-17-12(21)15-7(2)18)20-10-4-3-8(13)5-9(10)14/h3-6H,1-2H3,(H,16,19)(H2,15,17,18,21). The van der Waals surface area contributed by atoms with Crippen molar-refractivity contribution in [3.63, 3.8) is 0 Å². The first-order valence-electron chi connectivity index (χ1n) is 5.78. The van der Waals surface area contributed by atoms with Gasteiger partial charge in [0.15, 0.2) is 11.2 Å². The van der Waals surface area contributed by atoms with Crippen LogP contribution in [-0.2, 0) is 9.59 Å². The van der Waals surface area contributed by atoms with E-state index in [9.17, 15) is 9.59 Å². The van der Waals surface area contributed by atoms with E-state index in [2.05, 4.69) is 16.2 Å². The number of hydrogen-bond donors (Lipinski definition) is 3. The van der Waals surface area contributed by atoms with E-state index < -0.39 is 12.0 Å². The fourth-order valence-corrected chi connectivity index (χ4v) is 1.87. The van der Waals surface area contributed by atoms with Crippen LogP contribution in [0.15, 0.2) is 18.2 Å². The van der Waals surface area contributed by atoms with Crippen LogP contribution in [0, 0.1) is 0 Å². The second-order valence-electron chi connectivity index (χ2n) is 3.96. The van der Waals surface area contributed by atoms with Crippen LogP contribution in [0.2, 0.25) is 10.0 Å². The minimum absolute atomic E-state index is 0.0208. The van der Waals surface area contributed by atoms with E-state index in [0.717, 1.165) is 0 Å². The van der Waals surface area contributed by atoms with Crippen LogP contribution in [0.5, 0.6) is 5.75 Å². The van der Waals surface area contributed by atoms with Gasteiger partial charge in [-0.2, -0.15) is 0 Å². The molecule has 1 atom stereocenters. The molecule has 114 valence electrons. The molecule has 0 aromatic heterocycles. The largest absolute Gasteiger partial charge is 0.479 e. The number of amides is 2. The van der Waals surface area contributed by atoms with Crippen molar-refractivity contribution in [3.8, 4) is 5.75 Å². The molecule has 0 spiro atoms. The highest BCUT2D eigenvalue weighted by molar-refractivity contribution is 7.80. The van der Waals surface area contributed by atoms with Crippen molar-refractivity contribution < 1.29 is 14.3 Å². The zero-order chi connectivity index (χ0) is 16.0. The third-order valence-corrected chi connectivity index (χ3v) is 2.89. The molecule has 0 bridgehead atoms. The SMILES string of the molecule is CC(=O)NC(=S)NNC(=O)C(C)Oc1ccc(Cl)cc1Cl. The number of rotatable bonds is 3. The Morgan fingerprint density at radius 1 is 1.29 bits per heavy atom. The zero-order valence-electron chi connectivity index (χ0n) is 11.2. The smallest absolute Gasteiger partial charge is 0.279 e. The van der Waals surface area contributed by atoms with Crippen molar-refractivity contribution in [1.29, 1.82) is 0 Å². The molecule has 1 aromatic rings. The van der Waals surface area contributed by atoms with Gasteiger partial charge in [0.25, 0.3) is 5.91 Å². The van der Waals surface area contributed by atoms with Crippen molar-refractivity contribution in [1.82, 2.24) is 16.2 Å². The molecule has 0 heterocycles. The van der Waals surface area contributed by atoms with E-state index >= 15 is 0 Å². The summed E-state index contributed by atoms with van der Waals surface area (Å²) in [4.78, 5) is 22.5. The molecule has 0 radical (unpaired) electrons. The van der Waals surface area contributed by atoms with Crippen molar-refractivity contribution in [2.45, 2.75) is 20.0 Å². The third-order valence-electron chi connectivity index (χ3n) is 2.16. The Labute approximate surface area is 137 Å². The summed E-state index contributed by atoms with van der Waals surface area (Å²) in [5.41, 5.74) is 4.67.